The Hall–Kier alpha value is -5.60. The van der Waals surface area contributed by atoms with E-state index in [1.165, 1.54) is 70.4 Å². The van der Waals surface area contributed by atoms with Gasteiger partial charge in [0, 0.05) is 36.9 Å². The number of nitrogens with zero attached hydrogens (tertiary/aromatic N) is 10. The van der Waals surface area contributed by atoms with Gasteiger partial charge in [-0.3, -0.25) is 0 Å². The molecule has 0 amide bonds. The van der Waals surface area contributed by atoms with Crippen molar-refractivity contribution in [2.24, 2.45) is 0 Å². The number of benzene rings is 6. The van der Waals surface area contributed by atoms with Gasteiger partial charge in [0.25, 0.3) is 0 Å². The van der Waals surface area contributed by atoms with Gasteiger partial charge in [0.1, 0.15) is 11.3 Å². The van der Waals surface area contributed by atoms with Crippen LogP contribution in [0.4, 0.5) is 0 Å². The first kappa shape index (κ1) is 68.2. The molecule has 0 N–H and O–H groups in total. The third-order valence-electron chi connectivity index (χ3n) is 13.0. The fourth-order valence-electron chi connectivity index (χ4n) is 9.02. The minimum atomic E-state index is -1.56. The van der Waals surface area contributed by atoms with Crippen molar-refractivity contribution in [3.63, 3.8) is 0 Å². The molecule has 0 unspecified atom stereocenters. The third-order valence-corrected chi connectivity index (χ3v) is 31.2. The van der Waals surface area contributed by atoms with E-state index in [4.69, 9.17) is 19.1 Å². The maximum atomic E-state index is 4.81. The maximum absolute atomic E-state index is 4.81. The van der Waals surface area contributed by atoms with E-state index in [0.29, 0.717) is 11.3 Å². The monoisotopic (exact) mass is 1380 g/mol. The molecule has 0 aliphatic heterocycles. The standard InChI is InChI=1S/2C18H15P.2C7H5N5.3C4H9.2C2H6.CH3.2ClH.Pd.Sn/c2*1-4-10-16(11-5-1)19(17-12-6-2-7-13-17)18-14-8-3-9-15-18;2*1-4-11-7-6(8-2-3-9-7)10-12(11)5-1;3*1-3-4-2;2*1-2;;;;;/h2*1-15H;2*1-5H;3*1,3-4H2,2H3;2*1-2H3;1H3;2*1H;;/q;;;;;;;;;;;;+2;/p-2. The van der Waals surface area contributed by atoms with E-state index in [0.717, 1.165) is 11.3 Å². The number of hydrogen-bond donors (Lipinski definition) is 0. The second-order valence-corrected chi connectivity index (χ2v) is 40.2. The largest absolute Gasteiger partial charge is 0.361 e. The van der Waals surface area contributed by atoms with Gasteiger partial charge in [-0.2, -0.15) is 9.03 Å². The average molecular weight is 1390 g/mol. The zero-order valence-electron chi connectivity index (χ0n) is 49.4. The van der Waals surface area contributed by atoms with E-state index in [1.807, 2.05) is 73.6 Å². The Bertz CT molecular complexity index is 3090. The number of rotatable bonds is 15. The maximum Gasteiger partial charge on any atom is 0.203 e. The van der Waals surface area contributed by atoms with E-state index in [2.05, 4.69) is 238 Å². The minimum Gasteiger partial charge on any atom is -0.361 e. The number of halogens is 2. The van der Waals surface area contributed by atoms with Crippen molar-refractivity contribution in [3.05, 3.63) is 244 Å². The molecule has 0 bridgehead atoms. The van der Waals surface area contributed by atoms with E-state index in [1.54, 1.807) is 47.4 Å². The second-order valence-electron chi connectivity index (χ2n) is 18.8. The smallest absolute Gasteiger partial charge is 0.203 e. The molecule has 438 valence electrons. The van der Waals surface area contributed by atoms with Crippen LogP contribution < -0.4 is 51.3 Å². The SMILES string of the molecule is CC.CC.CCC[CH2][Sn]([CH3])([CH2]CCC)[CH2]CCC.[Cl][Pd][Cl].c1ccc(P(c2ccccc2)c2ccccc2)cc1.c1ccc(P(c2ccccc2)c2ccccc2)cc1.c1cn2c3nccnc3[n-][n+]2c1.c1cn2c3nccnc3[n-][n+]2c1. The van der Waals surface area contributed by atoms with Crippen LogP contribution in [0.2, 0.25) is 18.2 Å². The van der Waals surface area contributed by atoms with Gasteiger partial charge in [-0.15, -0.1) is 10.2 Å². The number of aromatic nitrogens is 10. The van der Waals surface area contributed by atoms with Crippen LogP contribution in [0.15, 0.2) is 244 Å². The Kier molecular flexibility index (Phi) is 32.7. The summed E-state index contributed by atoms with van der Waals surface area (Å²) in [5.41, 5.74) is 2.89. The molecular formula is C67H82Cl2N10P2PdSn. The van der Waals surface area contributed by atoms with Gasteiger partial charge in [-0.25, -0.2) is 9.97 Å². The normalized spacial score (nSPS) is 10.6. The van der Waals surface area contributed by atoms with Crippen molar-refractivity contribution >= 4 is 108 Å². The predicted octanol–water partition coefficient (Wildman–Crippen LogP) is 14.6. The van der Waals surface area contributed by atoms with Gasteiger partial charge in [-0.05, 0) is 60.1 Å². The number of hydrogen-bond acceptors (Lipinski definition) is 4. The van der Waals surface area contributed by atoms with Gasteiger partial charge in [0.2, 0.25) is 12.4 Å². The molecule has 12 rings (SSSR count). The summed E-state index contributed by atoms with van der Waals surface area (Å²) in [7, 11) is 8.74. The van der Waals surface area contributed by atoms with Crippen molar-refractivity contribution in [1.82, 2.24) is 39.2 Å². The van der Waals surface area contributed by atoms with Gasteiger partial charge in [-0.1, -0.05) is 219 Å². The summed E-state index contributed by atoms with van der Waals surface area (Å²) in [5.74, 6) is 0. The van der Waals surface area contributed by atoms with E-state index >= 15 is 0 Å². The first-order valence-corrected chi connectivity index (χ1v) is 44.5. The van der Waals surface area contributed by atoms with Gasteiger partial charge in [0.15, 0.2) is 11.3 Å². The molecule has 0 spiro atoms. The molecule has 6 heterocycles. The molecule has 12 aromatic rings. The Morgan fingerprint density at radius 2 is 0.651 bits per heavy atom. The fourth-order valence-corrected chi connectivity index (χ4v) is 26.1. The summed E-state index contributed by atoms with van der Waals surface area (Å²) in [6.45, 7) is 15.0. The van der Waals surface area contributed by atoms with E-state index in [9.17, 15) is 0 Å². The summed E-state index contributed by atoms with van der Waals surface area (Å²) in [6, 6.07) is 68.5. The topological polar surface area (TPSA) is 96.8 Å². The van der Waals surface area contributed by atoms with E-state index < -0.39 is 34.2 Å². The molecule has 6 aromatic carbocycles. The third kappa shape index (κ3) is 21.8. The molecule has 0 saturated heterocycles. The van der Waals surface area contributed by atoms with Crippen molar-refractivity contribution in [1.29, 1.82) is 0 Å². The minimum absolute atomic E-state index is 0.106. The van der Waals surface area contributed by atoms with E-state index in [-0.39, 0.29) is 15.9 Å². The number of unbranched alkanes of at least 4 members (excludes halogenated alkanes) is 3. The van der Waals surface area contributed by atoms with Crippen LogP contribution in [-0.4, -0.2) is 47.3 Å². The van der Waals surface area contributed by atoms with Gasteiger partial charge < -0.3 is 9.97 Å². The molecule has 10 nitrogen and oxygen atoms in total. The van der Waals surface area contributed by atoms with Crippen LogP contribution in [0.25, 0.3) is 22.6 Å². The molecule has 16 heteroatoms. The predicted molar refractivity (Wildman–Crippen MR) is 354 cm³/mol. The molecule has 0 aliphatic carbocycles. The molecular weight excluding hydrogens is 1300 g/mol. The van der Waals surface area contributed by atoms with Crippen molar-refractivity contribution in [2.45, 2.75) is 105 Å². The van der Waals surface area contributed by atoms with Crippen LogP contribution in [0.5, 0.6) is 0 Å². The summed E-state index contributed by atoms with van der Waals surface area (Å²) >= 11 is -1.67. The number of fused-ring (bicyclic) bond motifs is 6. The first-order valence-electron chi connectivity index (χ1n) is 28.9. The first-order chi connectivity index (χ1) is 40.9. The molecule has 0 radical (unpaired) electrons. The Labute approximate surface area is 516 Å². The summed E-state index contributed by atoms with van der Waals surface area (Å²) in [6.07, 6.45) is 22.8. The molecule has 0 saturated carbocycles. The van der Waals surface area contributed by atoms with Gasteiger partial charge >= 0.3 is 131 Å². The Morgan fingerprint density at radius 1 is 0.410 bits per heavy atom. The quantitative estimate of drug-likeness (QED) is 0.0576. The Morgan fingerprint density at radius 3 is 0.892 bits per heavy atom. The molecule has 6 aromatic heterocycles. The van der Waals surface area contributed by atoms with Crippen molar-refractivity contribution in [3.8, 4) is 0 Å². The average Bonchev–Trinajstić information content (AvgIpc) is 4.44. The second kappa shape index (κ2) is 39.9. The zero-order valence-corrected chi connectivity index (χ0v) is 57.1. The van der Waals surface area contributed by atoms with Crippen molar-refractivity contribution in [2.75, 3.05) is 0 Å². The summed E-state index contributed by atoms with van der Waals surface area (Å²) in [4.78, 5) is 19.2. The molecule has 0 fully saturated rings. The summed E-state index contributed by atoms with van der Waals surface area (Å²) in [5, 5.41) is 16.8. The van der Waals surface area contributed by atoms with Gasteiger partial charge in [0.05, 0.1) is 0 Å². The molecule has 0 aliphatic rings. The summed E-state index contributed by atoms with van der Waals surface area (Å²) < 4.78 is 12.0. The van der Waals surface area contributed by atoms with Crippen LogP contribution in [0, 0.1) is 0 Å². The fraction of sp³-hybridized carbons (Fsp3) is 0.254. The molecule has 0 atom stereocenters. The van der Waals surface area contributed by atoms with Crippen LogP contribution in [0.3, 0.4) is 0 Å². The zero-order chi connectivity index (χ0) is 59.3. The van der Waals surface area contributed by atoms with Crippen LogP contribution in [-0.2, 0) is 15.9 Å². The Balaban J connectivity index is 0.000000187. The van der Waals surface area contributed by atoms with Crippen molar-refractivity contribution < 1.29 is 25.2 Å². The van der Waals surface area contributed by atoms with Crippen LogP contribution >= 0.6 is 34.9 Å². The van der Waals surface area contributed by atoms with Crippen LogP contribution in [0.1, 0.15) is 87.0 Å². The molecule has 83 heavy (non-hydrogen) atoms.